The van der Waals surface area contributed by atoms with E-state index in [-0.39, 0.29) is 10.8 Å². The molecule has 0 aliphatic carbocycles. The predicted octanol–water partition coefficient (Wildman–Crippen LogP) is 3.18. The molecule has 0 radical (unpaired) electrons. The highest BCUT2D eigenvalue weighted by Crippen LogP contribution is 2.34. The van der Waals surface area contributed by atoms with Crippen molar-refractivity contribution >= 4 is 11.8 Å². The van der Waals surface area contributed by atoms with E-state index in [0.29, 0.717) is 12.1 Å². The van der Waals surface area contributed by atoms with Crippen LogP contribution in [0, 0.1) is 11.6 Å². The fourth-order valence-electron chi connectivity index (χ4n) is 2.60. The molecule has 0 bridgehead atoms. The van der Waals surface area contributed by atoms with Crippen LogP contribution >= 0.6 is 11.8 Å². The minimum absolute atomic E-state index is 0.231. The second kappa shape index (κ2) is 6.41. The van der Waals surface area contributed by atoms with E-state index in [1.165, 1.54) is 0 Å². The van der Waals surface area contributed by atoms with Crippen molar-refractivity contribution in [3.8, 4) is 0 Å². The number of hydrogen-bond acceptors (Lipinski definition) is 3. The third-order valence-electron chi connectivity index (χ3n) is 3.88. The smallest absolute Gasteiger partial charge is 0.163 e. The van der Waals surface area contributed by atoms with Gasteiger partial charge in [0.2, 0.25) is 0 Å². The van der Waals surface area contributed by atoms with Crippen molar-refractivity contribution in [3.05, 3.63) is 35.4 Å². The van der Waals surface area contributed by atoms with E-state index in [4.69, 9.17) is 5.73 Å². The first-order chi connectivity index (χ1) is 9.44. The maximum absolute atomic E-state index is 14.0. The molecular weight excluding hydrogens is 278 g/mol. The van der Waals surface area contributed by atoms with Crippen molar-refractivity contribution < 1.29 is 8.78 Å². The Labute approximate surface area is 123 Å². The van der Waals surface area contributed by atoms with Crippen LogP contribution in [0.25, 0.3) is 0 Å². The maximum Gasteiger partial charge on any atom is 0.163 e. The Morgan fingerprint density at radius 3 is 2.80 bits per heavy atom. The number of hydrogen-bond donors (Lipinski definition) is 1. The first-order valence-corrected chi connectivity index (χ1v) is 7.95. The van der Waals surface area contributed by atoms with Gasteiger partial charge in [0.1, 0.15) is 0 Å². The maximum atomic E-state index is 14.0. The van der Waals surface area contributed by atoms with Crippen molar-refractivity contribution in [2.75, 3.05) is 25.4 Å². The SMILES string of the molecule is CC1(C)CCN(C(CN)c2cccc(F)c2F)CCS1. The molecule has 1 aliphatic rings. The van der Waals surface area contributed by atoms with E-state index in [9.17, 15) is 8.78 Å². The molecule has 1 aromatic carbocycles. The van der Waals surface area contributed by atoms with Gasteiger partial charge in [0.15, 0.2) is 11.6 Å². The number of rotatable bonds is 3. The summed E-state index contributed by atoms with van der Waals surface area (Å²) >= 11 is 1.93. The summed E-state index contributed by atoms with van der Waals surface area (Å²) in [7, 11) is 0. The fourth-order valence-corrected chi connectivity index (χ4v) is 3.71. The molecule has 5 heteroatoms. The molecule has 1 saturated heterocycles. The molecule has 1 aliphatic heterocycles. The number of nitrogens with zero attached hydrogens (tertiary/aromatic N) is 1. The minimum atomic E-state index is -0.800. The number of nitrogens with two attached hydrogens (primary N) is 1. The van der Waals surface area contributed by atoms with Crippen LogP contribution in [0.3, 0.4) is 0 Å². The van der Waals surface area contributed by atoms with Crippen molar-refractivity contribution in [1.82, 2.24) is 4.90 Å². The molecular formula is C15H22F2N2S. The van der Waals surface area contributed by atoms with Crippen LogP contribution < -0.4 is 5.73 Å². The highest BCUT2D eigenvalue weighted by molar-refractivity contribution is 8.00. The molecule has 0 spiro atoms. The molecule has 2 nitrogen and oxygen atoms in total. The van der Waals surface area contributed by atoms with Crippen LogP contribution in [0.4, 0.5) is 8.78 Å². The highest BCUT2D eigenvalue weighted by Gasteiger charge is 2.29. The summed E-state index contributed by atoms with van der Waals surface area (Å²) in [6, 6.07) is 4.08. The van der Waals surface area contributed by atoms with Crippen molar-refractivity contribution in [1.29, 1.82) is 0 Å². The van der Waals surface area contributed by atoms with E-state index in [1.54, 1.807) is 12.1 Å². The summed E-state index contributed by atoms with van der Waals surface area (Å²) in [5, 5.41) is 0. The van der Waals surface area contributed by atoms with Gasteiger partial charge in [0, 0.05) is 35.7 Å². The Balaban J connectivity index is 2.21. The third kappa shape index (κ3) is 3.51. The Morgan fingerprint density at radius 1 is 1.35 bits per heavy atom. The van der Waals surface area contributed by atoms with Crippen molar-refractivity contribution in [2.45, 2.75) is 31.1 Å². The second-order valence-electron chi connectivity index (χ2n) is 5.79. The monoisotopic (exact) mass is 300 g/mol. The van der Waals surface area contributed by atoms with Gasteiger partial charge in [-0.25, -0.2) is 8.78 Å². The lowest BCUT2D eigenvalue weighted by Crippen LogP contribution is -2.36. The lowest BCUT2D eigenvalue weighted by molar-refractivity contribution is 0.205. The predicted molar refractivity (Wildman–Crippen MR) is 80.9 cm³/mol. The largest absolute Gasteiger partial charge is 0.329 e. The molecule has 2 rings (SSSR count). The zero-order valence-electron chi connectivity index (χ0n) is 12.0. The van der Waals surface area contributed by atoms with Crippen LogP contribution in [0.5, 0.6) is 0 Å². The lowest BCUT2D eigenvalue weighted by Gasteiger charge is -2.30. The van der Waals surface area contributed by atoms with Crippen molar-refractivity contribution in [2.24, 2.45) is 5.73 Å². The van der Waals surface area contributed by atoms with E-state index in [0.717, 1.165) is 31.3 Å². The average Bonchev–Trinajstić information content (AvgIpc) is 2.57. The van der Waals surface area contributed by atoms with Crippen LogP contribution in [0.1, 0.15) is 31.9 Å². The first-order valence-electron chi connectivity index (χ1n) is 6.96. The number of thioether (sulfide) groups is 1. The van der Waals surface area contributed by atoms with Crippen LogP contribution in [0.2, 0.25) is 0 Å². The van der Waals surface area contributed by atoms with E-state index >= 15 is 0 Å². The van der Waals surface area contributed by atoms with Gasteiger partial charge in [0.25, 0.3) is 0 Å². The molecule has 112 valence electrons. The molecule has 20 heavy (non-hydrogen) atoms. The molecule has 0 saturated carbocycles. The van der Waals surface area contributed by atoms with Crippen LogP contribution in [0.15, 0.2) is 18.2 Å². The molecule has 1 fully saturated rings. The van der Waals surface area contributed by atoms with E-state index in [2.05, 4.69) is 18.7 Å². The Hall–Kier alpha value is -0.650. The van der Waals surface area contributed by atoms with E-state index < -0.39 is 11.6 Å². The second-order valence-corrected chi connectivity index (χ2v) is 7.59. The van der Waals surface area contributed by atoms with Gasteiger partial charge >= 0.3 is 0 Å². The average molecular weight is 300 g/mol. The van der Waals surface area contributed by atoms with Gasteiger partial charge < -0.3 is 5.73 Å². The summed E-state index contributed by atoms with van der Waals surface area (Å²) in [5.41, 5.74) is 6.21. The molecule has 1 unspecified atom stereocenters. The Morgan fingerprint density at radius 2 is 2.10 bits per heavy atom. The quantitative estimate of drug-likeness (QED) is 0.929. The Bertz CT molecular complexity index is 465. The zero-order chi connectivity index (χ0) is 14.8. The first kappa shape index (κ1) is 15.7. The van der Waals surface area contributed by atoms with Crippen LogP contribution in [-0.4, -0.2) is 35.0 Å². The summed E-state index contributed by atoms with van der Waals surface area (Å²) < 4.78 is 27.6. The van der Waals surface area contributed by atoms with Crippen LogP contribution in [-0.2, 0) is 0 Å². The van der Waals surface area contributed by atoms with Gasteiger partial charge in [0.05, 0.1) is 6.04 Å². The lowest BCUT2D eigenvalue weighted by atomic mass is 10.0. The third-order valence-corrected chi connectivity index (χ3v) is 5.25. The topological polar surface area (TPSA) is 29.3 Å². The summed E-state index contributed by atoms with van der Waals surface area (Å²) in [5.74, 6) is -0.579. The van der Waals surface area contributed by atoms with Crippen molar-refractivity contribution in [3.63, 3.8) is 0 Å². The molecule has 1 atom stereocenters. The molecule has 0 amide bonds. The normalized spacial score (nSPS) is 21.4. The van der Waals surface area contributed by atoms with Gasteiger partial charge in [-0.1, -0.05) is 26.0 Å². The van der Waals surface area contributed by atoms with Gasteiger partial charge in [-0.05, 0) is 12.5 Å². The number of halogens is 2. The van der Waals surface area contributed by atoms with Gasteiger partial charge in [-0.15, -0.1) is 0 Å². The minimum Gasteiger partial charge on any atom is -0.329 e. The fraction of sp³-hybridized carbons (Fsp3) is 0.600. The summed E-state index contributed by atoms with van der Waals surface area (Å²) in [6.45, 7) is 6.46. The van der Waals surface area contributed by atoms with E-state index in [1.807, 2.05) is 11.8 Å². The molecule has 1 heterocycles. The Kier molecular flexibility index (Phi) is 5.04. The highest BCUT2D eigenvalue weighted by atomic mass is 32.2. The zero-order valence-corrected chi connectivity index (χ0v) is 12.9. The number of benzene rings is 1. The summed E-state index contributed by atoms with van der Waals surface area (Å²) in [6.07, 6.45) is 1.02. The van der Waals surface area contributed by atoms with Gasteiger partial charge in [-0.2, -0.15) is 11.8 Å². The summed E-state index contributed by atoms with van der Waals surface area (Å²) in [4.78, 5) is 2.18. The molecule has 1 aromatic rings. The molecule has 2 N–H and O–H groups in total. The van der Waals surface area contributed by atoms with Gasteiger partial charge in [-0.3, -0.25) is 4.90 Å². The molecule has 0 aromatic heterocycles. The standard InChI is InChI=1S/C15H22F2N2S/c1-15(2)6-7-19(8-9-20-15)13(10-18)11-4-3-5-12(16)14(11)17/h3-5,13H,6-10,18H2,1-2H3.